The molecule has 1 aromatic carbocycles. The fourth-order valence-electron chi connectivity index (χ4n) is 0.976. The van der Waals surface area contributed by atoms with Crippen molar-refractivity contribution in [3.05, 3.63) is 32.5 Å². The van der Waals surface area contributed by atoms with E-state index < -0.39 is 0 Å². The summed E-state index contributed by atoms with van der Waals surface area (Å²) in [7, 11) is 0. The monoisotopic (exact) mass is 336 g/mol. The molecule has 1 heterocycles. The van der Waals surface area contributed by atoms with Crippen molar-refractivity contribution in [2.24, 2.45) is 0 Å². The number of benzene rings is 1. The van der Waals surface area contributed by atoms with Gasteiger partial charge in [-0.05, 0) is 18.2 Å². The van der Waals surface area contributed by atoms with Gasteiger partial charge >= 0.3 is 0 Å². The van der Waals surface area contributed by atoms with Crippen molar-refractivity contribution in [3.8, 4) is 11.5 Å². The van der Waals surface area contributed by atoms with Crippen LogP contribution in [0.4, 0.5) is 0 Å². The molecular weight excluding hydrogens is 335 g/mol. The molecule has 0 saturated heterocycles. The Kier molecular flexibility index (Phi) is 2.90. The molecule has 1 aromatic heterocycles. The Hall–Kier alpha value is -0.390. The van der Waals surface area contributed by atoms with Gasteiger partial charge in [-0.15, -0.1) is 10.2 Å². The molecule has 0 spiro atoms. The Morgan fingerprint density at radius 3 is 2.64 bits per heavy atom. The van der Waals surface area contributed by atoms with Crippen LogP contribution in [0.25, 0.3) is 11.5 Å². The third-order valence-corrected chi connectivity index (χ3v) is 2.70. The number of hydrogen-bond acceptors (Lipinski definition) is 3. The molecule has 0 atom stereocenters. The highest BCUT2D eigenvalue weighted by atomic mass is 79.9. The lowest BCUT2D eigenvalue weighted by atomic mass is 10.2. The Morgan fingerprint density at radius 1 is 1.21 bits per heavy atom. The summed E-state index contributed by atoms with van der Waals surface area (Å²) < 4.78 is 6.10. The first-order valence-corrected chi connectivity index (χ1v) is 5.57. The molecule has 0 saturated carbocycles. The number of aromatic nitrogens is 2. The molecule has 3 nitrogen and oxygen atoms in total. The van der Waals surface area contributed by atoms with Crippen LogP contribution in [0.1, 0.15) is 0 Å². The Bertz CT molecular complexity index is 472. The molecule has 2 aromatic rings. The van der Waals surface area contributed by atoms with Crippen molar-refractivity contribution >= 4 is 43.5 Å². The maximum atomic E-state index is 5.98. The zero-order valence-electron chi connectivity index (χ0n) is 6.67. The maximum absolute atomic E-state index is 5.98. The van der Waals surface area contributed by atoms with Crippen molar-refractivity contribution < 1.29 is 4.42 Å². The number of halogens is 3. The average molecular weight is 338 g/mol. The molecule has 72 valence electrons. The minimum atomic E-state index is 0.337. The first-order valence-electron chi connectivity index (χ1n) is 3.61. The van der Waals surface area contributed by atoms with E-state index >= 15 is 0 Å². The average Bonchev–Trinajstić information content (AvgIpc) is 2.56. The summed E-state index contributed by atoms with van der Waals surface area (Å²) in [5, 5.41) is 8.08. The van der Waals surface area contributed by atoms with Crippen molar-refractivity contribution in [2.75, 3.05) is 0 Å². The summed E-state index contributed by atoms with van der Waals surface area (Å²) in [6, 6.07) is 5.43. The van der Waals surface area contributed by atoms with Crippen molar-refractivity contribution in [1.29, 1.82) is 0 Å². The maximum Gasteiger partial charge on any atom is 0.285 e. The van der Waals surface area contributed by atoms with Crippen LogP contribution in [0.2, 0.25) is 5.02 Å². The normalized spacial score (nSPS) is 10.5. The van der Waals surface area contributed by atoms with E-state index in [1.807, 2.05) is 12.1 Å². The van der Waals surface area contributed by atoms with E-state index in [1.165, 1.54) is 0 Å². The highest BCUT2D eigenvalue weighted by Gasteiger charge is 2.10. The summed E-state index contributed by atoms with van der Waals surface area (Å²) in [5.74, 6) is 0.392. The fraction of sp³-hybridized carbons (Fsp3) is 0. The predicted octanol–water partition coefficient (Wildman–Crippen LogP) is 3.92. The second-order valence-corrected chi connectivity index (χ2v) is 4.49. The van der Waals surface area contributed by atoms with Crippen molar-refractivity contribution in [1.82, 2.24) is 10.2 Å². The zero-order valence-corrected chi connectivity index (χ0v) is 10.6. The van der Waals surface area contributed by atoms with Gasteiger partial charge in [0.15, 0.2) is 0 Å². The third-order valence-electron chi connectivity index (χ3n) is 1.56. The van der Waals surface area contributed by atoms with Crippen LogP contribution in [0, 0.1) is 0 Å². The summed E-state index contributed by atoms with van der Waals surface area (Å²) in [5.41, 5.74) is 0.708. The molecule has 0 fully saturated rings. The zero-order chi connectivity index (χ0) is 10.1. The quantitative estimate of drug-likeness (QED) is 0.791. The van der Waals surface area contributed by atoms with E-state index in [0.717, 1.165) is 4.47 Å². The van der Waals surface area contributed by atoms with Crippen LogP contribution < -0.4 is 0 Å². The van der Waals surface area contributed by atoms with E-state index in [1.54, 1.807) is 6.07 Å². The standard InChI is InChI=1S/C8H3Br2ClN2O/c9-4-1-2-6(11)5(3-4)7-12-13-8(10)14-7/h1-3H. The van der Waals surface area contributed by atoms with Crippen LogP contribution in [0.15, 0.2) is 31.9 Å². The van der Waals surface area contributed by atoms with Crippen LogP contribution >= 0.6 is 43.5 Å². The van der Waals surface area contributed by atoms with Gasteiger partial charge in [-0.2, -0.15) is 0 Å². The van der Waals surface area contributed by atoms with Crippen LogP contribution in [-0.2, 0) is 0 Å². The molecule has 14 heavy (non-hydrogen) atoms. The molecule has 0 bridgehead atoms. The molecule has 0 aliphatic heterocycles. The van der Waals surface area contributed by atoms with Crippen molar-refractivity contribution in [3.63, 3.8) is 0 Å². The van der Waals surface area contributed by atoms with Crippen molar-refractivity contribution in [2.45, 2.75) is 0 Å². The number of nitrogens with zero attached hydrogens (tertiary/aromatic N) is 2. The van der Waals surface area contributed by atoms with Gasteiger partial charge in [-0.25, -0.2) is 0 Å². The Labute approximate surface area is 102 Å². The highest BCUT2D eigenvalue weighted by molar-refractivity contribution is 9.10. The third kappa shape index (κ3) is 1.99. The topological polar surface area (TPSA) is 38.9 Å². The molecule has 0 aliphatic carbocycles. The second-order valence-electron chi connectivity index (χ2n) is 2.48. The minimum absolute atomic E-state index is 0.337. The fourth-order valence-corrected chi connectivity index (χ4v) is 1.77. The van der Waals surface area contributed by atoms with Crippen LogP contribution in [0.3, 0.4) is 0 Å². The highest BCUT2D eigenvalue weighted by Crippen LogP contribution is 2.30. The minimum Gasteiger partial charge on any atom is -0.411 e. The van der Waals surface area contributed by atoms with Gasteiger partial charge in [0.05, 0.1) is 10.6 Å². The van der Waals surface area contributed by atoms with Crippen LogP contribution in [-0.4, -0.2) is 10.2 Å². The molecule has 0 aliphatic rings. The summed E-state index contributed by atoms with van der Waals surface area (Å²) in [6.45, 7) is 0. The Balaban J connectivity index is 2.55. The van der Waals surface area contributed by atoms with E-state index in [-0.39, 0.29) is 0 Å². The van der Waals surface area contributed by atoms with Gasteiger partial charge in [-0.1, -0.05) is 27.5 Å². The molecule has 0 radical (unpaired) electrons. The summed E-state index contributed by atoms with van der Waals surface area (Å²) >= 11 is 12.4. The summed E-state index contributed by atoms with van der Waals surface area (Å²) in [4.78, 5) is 0.337. The second kappa shape index (κ2) is 4.00. The van der Waals surface area contributed by atoms with Crippen LogP contribution in [0.5, 0.6) is 0 Å². The first kappa shape index (κ1) is 10.1. The Morgan fingerprint density at radius 2 is 2.00 bits per heavy atom. The van der Waals surface area contributed by atoms with Gasteiger partial charge in [-0.3, -0.25) is 0 Å². The SMILES string of the molecule is Clc1ccc(Br)cc1-c1nnc(Br)o1. The largest absolute Gasteiger partial charge is 0.411 e. The molecule has 2 rings (SSSR count). The molecule has 6 heteroatoms. The number of hydrogen-bond donors (Lipinski definition) is 0. The molecule has 0 amide bonds. The molecule has 0 unspecified atom stereocenters. The molecular formula is C8H3Br2ClN2O. The smallest absolute Gasteiger partial charge is 0.285 e. The van der Waals surface area contributed by atoms with Gasteiger partial charge in [0.1, 0.15) is 0 Å². The lowest BCUT2D eigenvalue weighted by molar-refractivity contribution is 0.540. The van der Waals surface area contributed by atoms with E-state index in [9.17, 15) is 0 Å². The predicted molar refractivity (Wildman–Crippen MR) is 60.1 cm³/mol. The van der Waals surface area contributed by atoms with Gasteiger partial charge < -0.3 is 4.42 Å². The van der Waals surface area contributed by atoms with E-state index in [2.05, 4.69) is 42.1 Å². The lowest BCUT2D eigenvalue weighted by Gasteiger charge is -1.98. The van der Waals surface area contributed by atoms with E-state index in [4.69, 9.17) is 16.0 Å². The first-order chi connectivity index (χ1) is 6.66. The van der Waals surface area contributed by atoms with E-state index in [0.29, 0.717) is 21.3 Å². The molecule has 0 N–H and O–H groups in total. The lowest BCUT2D eigenvalue weighted by Crippen LogP contribution is -1.79. The summed E-state index contributed by atoms with van der Waals surface area (Å²) in [6.07, 6.45) is 0. The van der Waals surface area contributed by atoms with Gasteiger partial charge in [0.25, 0.3) is 4.80 Å². The van der Waals surface area contributed by atoms with Gasteiger partial charge in [0, 0.05) is 20.4 Å². The van der Waals surface area contributed by atoms with Gasteiger partial charge in [0.2, 0.25) is 5.89 Å². The number of rotatable bonds is 1.